The van der Waals surface area contributed by atoms with Crippen LogP contribution < -0.4 is 11.1 Å². The molecule has 1 aromatic carbocycles. The minimum absolute atomic E-state index is 0.129. The van der Waals surface area contributed by atoms with Crippen LogP contribution in [0.2, 0.25) is 0 Å². The lowest BCUT2D eigenvalue weighted by atomic mass is 10.2. The first-order valence-corrected chi connectivity index (χ1v) is 5.39. The molecule has 4 heteroatoms. The summed E-state index contributed by atoms with van der Waals surface area (Å²) in [5.74, 6) is -0.129. The second-order valence-corrected chi connectivity index (χ2v) is 3.84. The number of nitrogens with one attached hydrogen (secondary N) is 1. The lowest BCUT2D eigenvalue weighted by Crippen LogP contribution is -2.24. The van der Waals surface area contributed by atoms with Crippen molar-refractivity contribution in [2.24, 2.45) is 0 Å². The normalized spacial score (nSPS) is 9.67. The van der Waals surface area contributed by atoms with Crippen molar-refractivity contribution in [1.29, 1.82) is 0 Å². The van der Waals surface area contributed by atoms with Gasteiger partial charge in [-0.1, -0.05) is 12.1 Å². The molecule has 0 unspecified atom stereocenters. The molecule has 0 fully saturated rings. The maximum absolute atomic E-state index is 11.7. The number of rotatable bonds is 4. The molecule has 0 saturated heterocycles. The SMILES string of the molecule is C=CCCNC(=O)c1cccc(N)c1Br. The van der Waals surface area contributed by atoms with E-state index in [0.717, 1.165) is 6.42 Å². The zero-order chi connectivity index (χ0) is 11.3. The van der Waals surface area contributed by atoms with Gasteiger partial charge in [0.05, 0.1) is 10.0 Å². The van der Waals surface area contributed by atoms with E-state index in [2.05, 4.69) is 27.8 Å². The van der Waals surface area contributed by atoms with Crippen LogP contribution in [-0.2, 0) is 0 Å². The first-order valence-electron chi connectivity index (χ1n) is 4.60. The summed E-state index contributed by atoms with van der Waals surface area (Å²) in [4.78, 5) is 11.7. The Morgan fingerprint density at radius 2 is 2.33 bits per heavy atom. The lowest BCUT2D eigenvalue weighted by Gasteiger charge is -2.07. The van der Waals surface area contributed by atoms with Gasteiger partial charge in [-0.25, -0.2) is 0 Å². The second kappa shape index (κ2) is 5.56. The molecule has 0 heterocycles. The predicted octanol–water partition coefficient (Wildman–Crippen LogP) is 2.34. The molecule has 0 aliphatic carbocycles. The van der Waals surface area contributed by atoms with Gasteiger partial charge in [0.25, 0.3) is 5.91 Å². The number of amides is 1. The summed E-state index contributed by atoms with van der Waals surface area (Å²) in [5.41, 5.74) is 6.79. The topological polar surface area (TPSA) is 55.1 Å². The van der Waals surface area contributed by atoms with E-state index in [0.29, 0.717) is 22.3 Å². The van der Waals surface area contributed by atoms with E-state index in [1.54, 1.807) is 24.3 Å². The van der Waals surface area contributed by atoms with Crippen LogP contribution in [0.1, 0.15) is 16.8 Å². The van der Waals surface area contributed by atoms with Crippen LogP contribution >= 0.6 is 15.9 Å². The van der Waals surface area contributed by atoms with Gasteiger partial charge < -0.3 is 11.1 Å². The highest BCUT2D eigenvalue weighted by molar-refractivity contribution is 9.10. The highest BCUT2D eigenvalue weighted by Crippen LogP contribution is 2.23. The number of carbonyl (C=O) groups excluding carboxylic acids is 1. The van der Waals surface area contributed by atoms with E-state index in [4.69, 9.17) is 5.73 Å². The Labute approximate surface area is 97.5 Å². The van der Waals surface area contributed by atoms with E-state index in [1.165, 1.54) is 0 Å². The van der Waals surface area contributed by atoms with Crippen LogP contribution in [0.4, 0.5) is 5.69 Å². The van der Waals surface area contributed by atoms with Gasteiger partial charge in [-0.3, -0.25) is 4.79 Å². The molecule has 0 aliphatic rings. The van der Waals surface area contributed by atoms with Gasteiger partial charge in [0.1, 0.15) is 0 Å². The minimum Gasteiger partial charge on any atom is -0.398 e. The van der Waals surface area contributed by atoms with Gasteiger partial charge in [0.2, 0.25) is 0 Å². The Hall–Kier alpha value is -1.29. The predicted molar refractivity (Wildman–Crippen MR) is 65.7 cm³/mol. The first kappa shape index (κ1) is 11.8. The number of anilines is 1. The van der Waals surface area contributed by atoms with Crippen molar-refractivity contribution < 1.29 is 4.79 Å². The van der Waals surface area contributed by atoms with E-state index in [1.807, 2.05) is 0 Å². The van der Waals surface area contributed by atoms with E-state index >= 15 is 0 Å². The van der Waals surface area contributed by atoms with Crippen molar-refractivity contribution in [1.82, 2.24) is 5.32 Å². The molecular weight excluding hydrogens is 256 g/mol. The van der Waals surface area contributed by atoms with Crippen LogP contribution in [0.3, 0.4) is 0 Å². The summed E-state index contributed by atoms with van der Waals surface area (Å²) in [7, 11) is 0. The Balaban J connectivity index is 2.73. The Morgan fingerprint density at radius 1 is 1.60 bits per heavy atom. The lowest BCUT2D eigenvalue weighted by molar-refractivity contribution is 0.0953. The number of halogens is 1. The van der Waals surface area contributed by atoms with Gasteiger partial charge in [0, 0.05) is 12.2 Å². The molecule has 0 radical (unpaired) electrons. The summed E-state index contributed by atoms with van der Waals surface area (Å²) in [6.07, 6.45) is 2.51. The molecule has 0 aliphatic heterocycles. The molecule has 1 rings (SSSR count). The van der Waals surface area contributed by atoms with Gasteiger partial charge in [-0.2, -0.15) is 0 Å². The summed E-state index contributed by atoms with van der Waals surface area (Å²) < 4.78 is 0.640. The molecule has 80 valence electrons. The summed E-state index contributed by atoms with van der Waals surface area (Å²) in [5, 5.41) is 2.77. The quantitative estimate of drug-likeness (QED) is 0.500. The fraction of sp³-hybridized carbons (Fsp3) is 0.182. The highest BCUT2D eigenvalue weighted by Gasteiger charge is 2.10. The fourth-order valence-corrected chi connectivity index (χ4v) is 1.55. The Kier molecular flexibility index (Phi) is 4.37. The van der Waals surface area contributed by atoms with Crippen LogP contribution in [0, 0.1) is 0 Å². The molecule has 15 heavy (non-hydrogen) atoms. The van der Waals surface area contributed by atoms with Crippen LogP contribution in [-0.4, -0.2) is 12.5 Å². The van der Waals surface area contributed by atoms with Crippen molar-refractivity contribution in [3.63, 3.8) is 0 Å². The average molecular weight is 269 g/mol. The maximum Gasteiger partial charge on any atom is 0.252 e. The summed E-state index contributed by atoms with van der Waals surface area (Å²) >= 11 is 3.28. The fourth-order valence-electron chi connectivity index (χ4n) is 1.11. The largest absolute Gasteiger partial charge is 0.398 e. The standard InChI is InChI=1S/C11H13BrN2O/c1-2-3-7-14-11(15)8-5-4-6-9(13)10(8)12/h2,4-6H,1,3,7,13H2,(H,14,15). The highest BCUT2D eigenvalue weighted by atomic mass is 79.9. The van der Waals surface area contributed by atoms with Crippen molar-refractivity contribution in [3.05, 3.63) is 40.9 Å². The number of carbonyl (C=O) groups is 1. The van der Waals surface area contributed by atoms with Crippen LogP contribution in [0.5, 0.6) is 0 Å². The third-order valence-electron chi connectivity index (χ3n) is 1.91. The number of hydrogen-bond donors (Lipinski definition) is 2. The van der Waals surface area contributed by atoms with Crippen molar-refractivity contribution >= 4 is 27.5 Å². The molecule has 0 spiro atoms. The van der Waals surface area contributed by atoms with Crippen LogP contribution in [0.25, 0.3) is 0 Å². The Morgan fingerprint density at radius 3 is 3.00 bits per heavy atom. The second-order valence-electron chi connectivity index (χ2n) is 3.04. The maximum atomic E-state index is 11.7. The third-order valence-corrected chi connectivity index (χ3v) is 2.79. The molecular formula is C11H13BrN2O. The Bertz CT molecular complexity index is 377. The smallest absolute Gasteiger partial charge is 0.252 e. The molecule has 0 saturated carbocycles. The third kappa shape index (κ3) is 3.09. The summed E-state index contributed by atoms with van der Waals surface area (Å²) in [6, 6.07) is 5.22. The van der Waals surface area contributed by atoms with Gasteiger partial charge in [-0.15, -0.1) is 6.58 Å². The molecule has 0 atom stereocenters. The zero-order valence-corrected chi connectivity index (χ0v) is 9.88. The molecule has 1 amide bonds. The van der Waals surface area contributed by atoms with Gasteiger partial charge >= 0.3 is 0 Å². The van der Waals surface area contributed by atoms with Crippen molar-refractivity contribution in [2.45, 2.75) is 6.42 Å². The van der Waals surface area contributed by atoms with E-state index in [-0.39, 0.29) is 5.91 Å². The molecule has 1 aromatic rings. The first-order chi connectivity index (χ1) is 7.16. The average Bonchev–Trinajstić information content (AvgIpc) is 2.22. The van der Waals surface area contributed by atoms with E-state index in [9.17, 15) is 4.79 Å². The van der Waals surface area contributed by atoms with Crippen molar-refractivity contribution in [3.8, 4) is 0 Å². The monoisotopic (exact) mass is 268 g/mol. The van der Waals surface area contributed by atoms with Crippen LogP contribution in [0.15, 0.2) is 35.3 Å². The minimum atomic E-state index is -0.129. The van der Waals surface area contributed by atoms with Crippen molar-refractivity contribution in [2.75, 3.05) is 12.3 Å². The summed E-state index contributed by atoms with van der Waals surface area (Å²) in [6.45, 7) is 4.17. The molecule has 0 bridgehead atoms. The number of benzene rings is 1. The van der Waals surface area contributed by atoms with Gasteiger partial charge in [-0.05, 0) is 34.5 Å². The number of nitrogens with two attached hydrogens (primary N) is 1. The molecule has 3 nitrogen and oxygen atoms in total. The molecule has 0 aromatic heterocycles. The molecule has 3 N–H and O–H groups in total. The zero-order valence-electron chi connectivity index (χ0n) is 8.29. The number of hydrogen-bond acceptors (Lipinski definition) is 2. The van der Waals surface area contributed by atoms with Gasteiger partial charge in [0.15, 0.2) is 0 Å². The number of nitrogen functional groups attached to an aromatic ring is 1. The van der Waals surface area contributed by atoms with E-state index < -0.39 is 0 Å².